The average molecular weight is 278 g/mol. The van der Waals surface area contributed by atoms with Crippen LogP contribution in [0, 0.1) is 0 Å². The Hall–Kier alpha value is -2.08. The highest BCUT2D eigenvalue weighted by atomic mass is 32.1. The van der Waals surface area contributed by atoms with Crippen LogP contribution in [0.1, 0.15) is 28.3 Å². The minimum absolute atomic E-state index is 0.0790. The molecule has 0 aliphatic rings. The Morgan fingerprint density at radius 2 is 2.32 bits per heavy atom. The second kappa shape index (κ2) is 5.71. The van der Waals surface area contributed by atoms with Gasteiger partial charge in [-0.2, -0.15) is 0 Å². The van der Waals surface area contributed by atoms with Gasteiger partial charge in [0, 0.05) is 11.6 Å². The number of carbonyl (C=O) groups excluding carboxylic acids is 1. The molecule has 0 saturated heterocycles. The summed E-state index contributed by atoms with van der Waals surface area (Å²) in [4.78, 5) is 16.2. The Morgan fingerprint density at radius 3 is 2.95 bits per heavy atom. The van der Waals surface area contributed by atoms with Crippen LogP contribution in [0.25, 0.3) is 0 Å². The predicted molar refractivity (Wildman–Crippen MR) is 72.7 cm³/mol. The Morgan fingerprint density at radius 1 is 1.53 bits per heavy atom. The number of hydrogen-bond donors (Lipinski definition) is 2. The van der Waals surface area contributed by atoms with Gasteiger partial charge in [0.05, 0.1) is 18.7 Å². The number of aromatic hydroxyl groups is 1. The molecule has 0 spiro atoms. The number of methoxy groups -OCH3 is 1. The van der Waals surface area contributed by atoms with E-state index in [4.69, 9.17) is 4.74 Å². The molecule has 1 heterocycles. The largest absolute Gasteiger partial charge is 0.507 e. The zero-order valence-corrected chi connectivity index (χ0v) is 11.4. The van der Waals surface area contributed by atoms with Gasteiger partial charge in [0.1, 0.15) is 16.5 Å². The molecule has 0 saturated carbocycles. The van der Waals surface area contributed by atoms with Crippen LogP contribution in [0.3, 0.4) is 0 Å². The van der Waals surface area contributed by atoms with E-state index in [0.29, 0.717) is 5.75 Å². The molecule has 6 heteroatoms. The van der Waals surface area contributed by atoms with E-state index in [0.717, 1.165) is 5.01 Å². The molecular formula is C13H14N2O3S. The molecule has 0 bridgehead atoms. The number of rotatable bonds is 4. The number of nitrogens with zero attached hydrogens (tertiary/aromatic N) is 1. The molecule has 100 valence electrons. The van der Waals surface area contributed by atoms with Crippen molar-refractivity contribution in [3.05, 3.63) is 40.3 Å². The summed E-state index contributed by atoms with van der Waals surface area (Å²) in [5.74, 6) is 0.0774. The van der Waals surface area contributed by atoms with Crippen molar-refractivity contribution in [2.45, 2.75) is 13.0 Å². The van der Waals surface area contributed by atoms with E-state index < -0.39 is 0 Å². The van der Waals surface area contributed by atoms with Gasteiger partial charge in [0.25, 0.3) is 5.91 Å². The molecule has 0 aliphatic heterocycles. The third kappa shape index (κ3) is 3.03. The van der Waals surface area contributed by atoms with Gasteiger partial charge < -0.3 is 15.2 Å². The van der Waals surface area contributed by atoms with Gasteiger partial charge in [-0.15, -0.1) is 11.3 Å². The number of aromatic nitrogens is 1. The Balaban J connectivity index is 2.16. The number of phenolic OH excluding ortho intramolecular Hbond substituents is 1. The molecule has 1 amide bonds. The molecular weight excluding hydrogens is 264 g/mol. The lowest BCUT2D eigenvalue weighted by atomic mass is 10.1. The highest BCUT2D eigenvalue weighted by molar-refractivity contribution is 7.09. The normalized spacial score (nSPS) is 11.9. The quantitative estimate of drug-likeness (QED) is 0.900. The second-order valence-corrected chi connectivity index (χ2v) is 4.87. The zero-order valence-electron chi connectivity index (χ0n) is 10.6. The molecule has 19 heavy (non-hydrogen) atoms. The zero-order chi connectivity index (χ0) is 13.8. The summed E-state index contributed by atoms with van der Waals surface area (Å²) in [5, 5.41) is 15.2. The van der Waals surface area contributed by atoms with Crippen molar-refractivity contribution in [1.82, 2.24) is 10.3 Å². The topological polar surface area (TPSA) is 71.5 Å². The van der Waals surface area contributed by atoms with Gasteiger partial charge in [0.15, 0.2) is 0 Å². The fourth-order valence-electron chi connectivity index (χ4n) is 1.61. The number of amides is 1. The van der Waals surface area contributed by atoms with Gasteiger partial charge >= 0.3 is 0 Å². The predicted octanol–water partition coefficient (Wildman–Crippen LogP) is 2.35. The van der Waals surface area contributed by atoms with Gasteiger partial charge in [-0.25, -0.2) is 4.98 Å². The van der Waals surface area contributed by atoms with E-state index in [1.807, 2.05) is 12.3 Å². The highest BCUT2D eigenvalue weighted by Crippen LogP contribution is 2.24. The van der Waals surface area contributed by atoms with Crippen LogP contribution in [-0.4, -0.2) is 23.1 Å². The molecule has 1 aromatic carbocycles. The summed E-state index contributed by atoms with van der Waals surface area (Å²) >= 11 is 1.47. The lowest BCUT2D eigenvalue weighted by Gasteiger charge is -2.12. The van der Waals surface area contributed by atoms with E-state index in [2.05, 4.69) is 10.3 Å². The standard InChI is InChI=1S/C13H14N2O3S/c1-8(13-14-5-6-19-13)15-12(17)10-7-9(18-2)3-4-11(10)16/h3-8,16H,1-2H3,(H,15,17). The monoisotopic (exact) mass is 278 g/mol. The molecule has 2 aromatic rings. The maximum Gasteiger partial charge on any atom is 0.255 e. The number of nitrogens with one attached hydrogen (secondary N) is 1. The summed E-state index contributed by atoms with van der Waals surface area (Å²) in [6.07, 6.45) is 1.69. The minimum Gasteiger partial charge on any atom is -0.507 e. The second-order valence-electron chi connectivity index (χ2n) is 3.95. The van der Waals surface area contributed by atoms with E-state index in [1.165, 1.54) is 30.6 Å². The third-order valence-corrected chi connectivity index (χ3v) is 3.58. The molecule has 2 N–H and O–H groups in total. The van der Waals surface area contributed by atoms with E-state index >= 15 is 0 Å². The van der Waals surface area contributed by atoms with Crippen molar-refractivity contribution < 1.29 is 14.6 Å². The van der Waals surface area contributed by atoms with Gasteiger partial charge in [-0.1, -0.05) is 0 Å². The van der Waals surface area contributed by atoms with Crippen molar-refractivity contribution in [2.24, 2.45) is 0 Å². The lowest BCUT2D eigenvalue weighted by molar-refractivity contribution is 0.0937. The first-order valence-electron chi connectivity index (χ1n) is 5.69. The third-order valence-electron chi connectivity index (χ3n) is 2.62. The number of hydrogen-bond acceptors (Lipinski definition) is 5. The highest BCUT2D eigenvalue weighted by Gasteiger charge is 2.16. The summed E-state index contributed by atoms with van der Waals surface area (Å²) in [6, 6.07) is 4.32. The average Bonchev–Trinajstić information content (AvgIpc) is 2.93. The van der Waals surface area contributed by atoms with E-state index in [-0.39, 0.29) is 23.3 Å². The van der Waals surface area contributed by atoms with Crippen LogP contribution in [-0.2, 0) is 0 Å². The molecule has 0 fully saturated rings. The lowest BCUT2D eigenvalue weighted by Crippen LogP contribution is -2.26. The van der Waals surface area contributed by atoms with Crippen LogP contribution < -0.4 is 10.1 Å². The SMILES string of the molecule is COc1ccc(O)c(C(=O)NC(C)c2nccs2)c1. The molecule has 1 aromatic heterocycles. The van der Waals surface area contributed by atoms with Crippen LogP contribution in [0.15, 0.2) is 29.8 Å². The molecule has 0 aliphatic carbocycles. The van der Waals surface area contributed by atoms with E-state index in [9.17, 15) is 9.90 Å². The first-order valence-corrected chi connectivity index (χ1v) is 6.57. The minimum atomic E-state index is -0.362. The Kier molecular flexibility index (Phi) is 4.01. The molecule has 0 radical (unpaired) electrons. The smallest absolute Gasteiger partial charge is 0.255 e. The fraction of sp³-hybridized carbons (Fsp3) is 0.231. The fourth-order valence-corrected chi connectivity index (χ4v) is 2.25. The van der Waals surface area contributed by atoms with Gasteiger partial charge in [-0.05, 0) is 25.1 Å². The molecule has 1 atom stereocenters. The van der Waals surface area contributed by atoms with Gasteiger partial charge in [0.2, 0.25) is 0 Å². The number of thiazole rings is 1. The Bertz CT molecular complexity index is 569. The van der Waals surface area contributed by atoms with Crippen molar-refractivity contribution >= 4 is 17.2 Å². The molecule has 2 rings (SSSR count). The number of phenols is 1. The van der Waals surface area contributed by atoms with Crippen molar-refractivity contribution in [3.8, 4) is 11.5 Å². The summed E-state index contributed by atoms with van der Waals surface area (Å²) in [7, 11) is 1.51. The van der Waals surface area contributed by atoms with E-state index in [1.54, 1.807) is 12.3 Å². The first-order chi connectivity index (χ1) is 9.11. The summed E-state index contributed by atoms with van der Waals surface area (Å²) in [5.41, 5.74) is 0.183. The Labute approximate surface area is 114 Å². The van der Waals surface area contributed by atoms with Crippen LogP contribution in [0.5, 0.6) is 11.5 Å². The number of ether oxygens (including phenoxy) is 1. The summed E-state index contributed by atoms with van der Waals surface area (Å²) in [6.45, 7) is 1.84. The van der Waals surface area contributed by atoms with Crippen LogP contribution in [0.4, 0.5) is 0 Å². The molecule has 1 unspecified atom stereocenters. The first kappa shape index (κ1) is 13.4. The van der Waals surface area contributed by atoms with Crippen LogP contribution in [0.2, 0.25) is 0 Å². The maximum absolute atomic E-state index is 12.1. The number of benzene rings is 1. The number of carbonyl (C=O) groups is 1. The molecule has 5 nitrogen and oxygen atoms in total. The maximum atomic E-state index is 12.1. The van der Waals surface area contributed by atoms with Crippen LogP contribution >= 0.6 is 11.3 Å². The van der Waals surface area contributed by atoms with Crippen molar-refractivity contribution in [3.63, 3.8) is 0 Å². The van der Waals surface area contributed by atoms with Crippen molar-refractivity contribution in [1.29, 1.82) is 0 Å². The summed E-state index contributed by atoms with van der Waals surface area (Å²) < 4.78 is 5.04. The van der Waals surface area contributed by atoms with Crippen molar-refractivity contribution in [2.75, 3.05) is 7.11 Å². The van der Waals surface area contributed by atoms with Gasteiger partial charge in [-0.3, -0.25) is 4.79 Å².